The number of anilines is 1. The molecule has 0 unspecified atom stereocenters. The average Bonchev–Trinajstić information content (AvgIpc) is 3.17. The fourth-order valence-electron chi connectivity index (χ4n) is 2.53. The molecule has 0 atom stereocenters. The summed E-state index contributed by atoms with van der Waals surface area (Å²) in [5.74, 6) is -0.127. The minimum absolute atomic E-state index is 0.0681. The third kappa shape index (κ3) is 5.91. The van der Waals surface area contributed by atoms with Crippen molar-refractivity contribution in [1.82, 2.24) is 15.5 Å². The van der Waals surface area contributed by atoms with Crippen molar-refractivity contribution in [3.63, 3.8) is 0 Å². The summed E-state index contributed by atoms with van der Waals surface area (Å²) >= 11 is 4.48. The monoisotopic (exact) mass is 474 g/mol. The van der Waals surface area contributed by atoms with Gasteiger partial charge in [-0.15, -0.1) is 10.2 Å². The summed E-state index contributed by atoms with van der Waals surface area (Å²) in [4.78, 5) is 24.1. The van der Waals surface area contributed by atoms with Crippen LogP contribution in [-0.2, 0) is 9.59 Å². The second-order valence-electron chi connectivity index (χ2n) is 6.26. The molecule has 150 valence electrons. The third-order valence-electron chi connectivity index (χ3n) is 4.02. The van der Waals surface area contributed by atoms with Gasteiger partial charge in [0.15, 0.2) is 0 Å². The van der Waals surface area contributed by atoms with E-state index in [2.05, 4.69) is 36.8 Å². The van der Waals surface area contributed by atoms with Crippen molar-refractivity contribution < 1.29 is 14.0 Å². The van der Waals surface area contributed by atoms with E-state index >= 15 is 0 Å². The van der Waals surface area contributed by atoms with Crippen LogP contribution < -0.4 is 10.6 Å². The van der Waals surface area contributed by atoms with Crippen LogP contribution in [0.25, 0.3) is 11.5 Å². The van der Waals surface area contributed by atoms with Gasteiger partial charge in [-0.2, -0.15) is 0 Å². The highest BCUT2D eigenvalue weighted by Gasteiger charge is 2.13. The summed E-state index contributed by atoms with van der Waals surface area (Å²) in [5.41, 5.74) is 3.50. The van der Waals surface area contributed by atoms with Crippen molar-refractivity contribution >= 4 is 45.2 Å². The molecule has 7 nitrogen and oxygen atoms in total. The molecule has 0 aliphatic rings. The zero-order valence-electron chi connectivity index (χ0n) is 15.9. The number of hydrogen-bond donors (Lipinski definition) is 2. The summed E-state index contributed by atoms with van der Waals surface area (Å²) in [6.45, 7) is 3.73. The molecule has 0 spiro atoms. The van der Waals surface area contributed by atoms with Gasteiger partial charge in [-0.3, -0.25) is 9.59 Å². The molecule has 29 heavy (non-hydrogen) atoms. The first-order valence-electron chi connectivity index (χ1n) is 8.77. The number of para-hydroxylation sites is 1. The van der Waals surface area contributed by atoms with Gasteiger partial charge in [0.25, 0.3) is 5.22 Å². The lowest BCUT2D eigenvalue weighted by atomic mass is 10.1. The summed E-state index contributed by atoms with van der Waals surface area (Å²) in [6, 6.07) is 13.2. The number of thioether (sulfide) groups is 1. The lowest BCUT2D eigenvalue weighted by Crippen LogP contribution is -2.34. The molecule has 1 aromatic heterocycles. The number of aryl methyl sites for hydroxylation is 2. The number of halogens is 1. The summed E-state index contributed by atoms with van der Waals surface area (Å²) < 4.78 is 6.51. The topological polar surface area (TPSA) is 97.1 Å². The van der Waals surface area contributed by atoms with Gasteiger partial charge in [-0.1, -0.05) is 45.9 Å². The Labute approximate surface area is 180 Å². The Morgan fingerprint density at radius 2 is 1.72 bits per heavy atom. The number of benzene rings is 2. The first-order chi connectivity index (χ1) is 13.9. The Kier molecular flexibility index (Phi) is 7.05. The van der Waals surface area contributed by atoms with E-state index in [1.807, 2.05) is 56.3 Å². The second-order valence-corrected chi connectivity index (χ2v) is 8.10. The van der Waals surface area contributed by atoms with E-state index in [9.17, 15) is 9.59 Å². The van der Waals surface area contributed by atoms with Crippen LogP contribution in [0.3, 0.4) is 0 Å². The zero-order valence-corrected chi connectivity index (χ0v) is 18.3. The van der Waals surface area contributed by atoms with E-state index in [1.165, 1.54) is 0 Å². The quantitative estimate of drug-likeness (QED) is 0.502. The molecule has 3 rings (SSSR count). The molecule has 2 N–H and O–H groups in total. The molecule has 0 saturated carbocycles. The van der Waals surface area contributed by atoms with Crippen molar-refractivity contribution in [2.45, 2.75) is 19.1 Å². The van der Waals surface area contributed by atoms with Crippen LogP contribution in [0.1, 0.15) is 11.1 Å². The third-order valence-corrected chi connectivity index (χ3v) is 5.36. The fourth-order valence-corrected chi connectivity index (χ4v) is 3.39. The number of carbonyl (C=O) groups is 2. The molecule has 1 heterocycles. The second kappa shape index (κ2) is 9.71. The van der Waals surface area contributed by atoms with Gasteiger partial charge in [-0.05, 0) is 49.2 Å². The fraction of sp³-hybridized carbons (Fsp3) is 0.200. The van der Waals surface area contributed by atoms with Gasteiger partial charge in [0.1, 0.15) is 0 Å². The SMILES string of the molecule is Cc1cccc(C)c1NC(=O)CNC(=O)CSc1nnc(-c2ccc(Br)cc2)o1. The van der Waals surface area contributed by atoms with Gasteiger partial charge >= 0.3 is 0 Å². The van der Waals surface area contributed by atoms with Gasteiger partial charge in [0.05, 0.1) is 12.3 Å². The number of nitrogens with zero attached hydrogens (tertiary/aromatic N) is 2. The molecule has 0 aliphatic heterocycles. The number of nitrogens with one attached hydrogen (secondary N) is 2. The predicted octanol–water partition coefficient (Wildman–Crippen LogP) is 3.96. The Balaban J connectivity index is 1.45. The van der Waals surface area contributed by atoms with Crippen LogP contribution >= 0.6 is 27.7 Å². The normalized spacial score (nSPS) is 10.6. The molecule has 0 radical (unpaired) electrons. The first kappa shape index (κ1) is 21.1. The highest BCUT2D eigenvalue weighted by Crippen LogP contribution is 2.24. The van der Waals surface area contributed by atoms with E-state index in [4.69, 9.17) is 4.42 Å². The molecule has 9 heteroatoms. The summed E-state index contributed by atoms with van der Waals surface area (Å²) in [7, 11) is 0. The minimum Gasteiger partial charge on any atom is -0.411 e. The maximum absolute atomic E-state index is 12.1. The molecular formula is C20H19BrN4O3S. The van der Waals surface area contributed by atoms with Crippen LogP contribution in [-0.4, -0.2) is 34.3 Å². The molecule has 2 amide bonds. The number of aromatic nitrogens is 2. The number of carbonyl (C=O) groups excluding carboxylic acids is 2. The van der Waals surface area contributed by atoms with E-state index in [0.717, 1.165) is 38.6 Å². The van der Waals surface area contributed by atoms with Gasteiger partial charge < -0.3 is 15.1 Å². The van der Waals surface area contributed by atoms with Gasteiger partial charge in [0.2, 0.25) is 17.7 Å². The van der Waals surface area contributed by atoms with Crippen molar-refractivity contribution in [2.24, 2.45) is 0 Å². The van der Waals surface area contributed by atoms with Gasteiger partial charge in [0, 0.05) is 15.7 Å². The van der Waals surface area contributed by atoms with E-state index in [0.29, 0.717) is 5.89 Å². The molecule has 0 fully saturated rings. The highest BCUT2D eigenvalue weighted by atomic mass is 79.9. The smallest absolute Gasteiger partial charge is 0.277 e. The largest absolute Gasteiger partial charge is 0.411 e. The Morgan fingerprint density at radius 1 is 1.03 bits per heavy atom. The molecule has 2 aromatic carbocycles. The van der Waals surface area contributed by atoms with Crippen LogP contribution in [0.2, 0.25) is 0 Å². The average molecular weight is 475 g/mol. The number of amides is 2. The molecular weight excluding hydrogens is 456 g/mol. The molecule has 3 aromatic rings. The van der Waals surface area contributed by atoms with Crippen LogP contribution in [0.4, 0.5) is 5.69 Å². The molecule has 0 bridgehead atoms. The van der Waals surface area contributed by atoms with Crippen molar-refractivity contribution in [1.29, 1.82) is 0 Å². The predicted molar refractivity (Wildman–Crippen MR) is 116 cm³/mol. The van der Waals surface area contributed by atoms with Crippen molar-refractivity contribution in [2.75, 3.05) is 17.6 Å². The maximum atomic E-state index is 12.1. The standard InChI is InChI=1S/C20H19BrN4O3S/c1-12-4-3-5-13(2)18(12)23-16(26)10-22-17(27)11-29-20-25-24-19(28-20)14-6-8-15(21)9-7-14/h3-9H,10-11H2,1-2H3,(H,22,27)(H,23,26). The Bertz CT molecular complexity index is 1000. The van der Waals surface area contributed by atoms with Crippen molar-refractivity contribution in [3.8, 4) is 11.5 Å². The van der Waals surface area contributed by atoms with Crippen LogP contribution in [0, 0.1) is 13.8 Å². The molecule has 0 saturated heterocycles. The Morgan fingerprint density at radius 3 is 2.41 bits per heavy atom. The number of hydrogen-bond acceptors (Lipinski definition) is 6. The summed E-state index contributed by atoms with van der Waals surface area (Å²) in [5, 5.41) is 13.6. The Hall–Kier alpha value is -2.65. The zero-order chi connectivity index (χ0) is 20.8. The lowest BCUT2D eigenvalue weighted by molar-refractivity contribution is -0.122. The van der Waals surface area contributed by atoms with E-state index < -0.39 is 0 Å². The number of rotatable bonds is 7. The minimum atomic E-state index is -0.296. The van der Waals surface area contributed by atoms with E-state index in [-0.39, 0.29) is 29.3 Å². The van der Waals surface area contributed by atoms with Crippen LogP contribution in [0.15, 0.2) is 56.6 Å². The van der Waals surface area contributed by atoms with Crippen LogP contribution in [0.5, 0.6) is 0 Å². The van der Waals surface area contributed by atoms with E-state index in [1.54, 1.807) is 0 Å². The summed E-state index contributed by atoms with van der Waals surface area (Å²) in [6.07, 6.45) is 0. The first-order valence-corrected chi connectivity index (χ1v) is 10.6. The maximum Gasteiger partial charge on any atom is 0.277 e. The molecule has 0 aliphatic carbocycles. The van der Waals surface area contributed by atoms with Crippen molar-refractivity contribution in [3.05, 3.63) is 58.1 Å². The highest BCUT2D eigenvalue weighted by molar-refractivity contribution is 9.10. The lowest BCUT2D eigenvalue weighted by Gasteiger charge is -2.11. The van der Waals surface area contributed by atoms with Gasteiger partial charge in [-0.25, -0.2) is 0 Å².